The fourth-order valence-corrected chi connectivity index (χ4v) is 4.15. The number of rotatable bonds is 7. The molecule has 140 valence electrons. The number of carboxylic acids is 1. The van der Waals surface area contributed by atoms with Crippen LogP contribution in [0.2, 0.25) is 10.0 Å². The van der Waals surface area contributed by atoms with E-state index in [1.807, 2.05) is 0 Å². The van der Waals surface area contributed by atoms with Crippen LogP contribution in [0.3, 0.4) is 0 Å². The molecule has 0 aliphatic rings. The minimum absolute atomic E-state index is 0.0275. The van der Waals surface area contributed by atoms with Crippen molar-refractivity contribution in [2.24, 2.45) is 0 Å². The van der Waals surface area contributed by atoms with E-state index in [1.165, 1.54) is 50.6 Å². The molecule has 0 saturated carbocycles. The van der Waals surface area contributed by atoms with E-state index in [4.69, 9.17) is 37.8 Å². The summed E-state index contributed by atoms with van der Waals surface area (Å²) < 4.78 is 37.0. The number of halogens is 2. The number of sulfonamides is 1. The van der Waals surface area contributed by atoms with Crippen molar-refractivity contribution in [1.29, 1.82) is 0 Å². The second-order valence-electron chi connectivity index (χ2n) is 5.05. The minimum atomic E-state index is -4.24. The Labute approximate surface area is 160 Å². The molecule has 0 aromatic heterocycles. The number of anilines is 1. The molecule has 0 saturated heterocycles. The van der Waals surface area contributed by atoms with Crippen LogP contribution in [0.15, 0.2) is 41.3 Å². The van der Waals surface area contributed by atoms with Gasteiger partial charge in [0.1, 0.15) is 6.54 Å². The molecular formula is C16H15Cl2NO6S. The maximum Gasteiger partial charge on any atom is 0.324 e. The van der Waals surface area contributed by atoms with Crippen molar-refractivity contribution < 1.29 is 27.8 Å². The standard InChI is InChI=1S/C16H15Cl2NO6S/c1-24-14-4-3-13(8-15(14)25-2)26(22,23)19(9-16(20)21)12-6-10(17)5-11(18)7-12/h3-8H,9H2,1-2H3,(H,20,21). The Kier molecular flexibility index (Phi) is 6.22. The predicted molar refractivity (Wildman–Crippen MR) is 98.2 cm³/mol. The normalized spacial score (nSPS) is 11.1. The lowest BCUT2D eigenvalue weighted by Gasteiger charge is -2.23. The van der Waals surface area contributed by atoms with Crippen molar-refractivity contribution in [3.05, 3.63) is 46.4 Å². The summed E-state index contributed by atoms with van der Waals surface area (Å²) in [5.74, 6) is -0.819. The average molecular weight is 420 g/mol. The molecule has 0 unspecified atom stereocenters. The first-order valence-corrected chi connectivity index (χ1v) is 9.31. The molecule has 0 bridgehead atoms. The lowest BCUT2D eigenvalue weighted by atomic mass is 10.3. The molecular weight excluding hydrogens is 405 g/mol. The molecule has 0 spiro atoms. The highest BCUT2D eigenvalue weighted by molar-refractivity contribution is 7.92. The maximum atomic E-state index is 13.0. The Morgan fingerprint density at radius 3 is 2.12 bits per heavy atom. The largest absolute Gasteiger partial charge is 0.493 e. The van der Waals surface area contributed by atoms with Gasteiger partial charge in [-0.05, 0) is 30.3 Å². The monoisotopic (exact) mass is 419 g/mol. The molecule has 0 aliphatic heterocycles. The first-order valence-electron chi connectivity index (χ1n) is 7.11. The molecule has 10 heteroatoms. The third kappa shape index (κ3) is 4.32. The van der Waals surface area contributed by atoms with Crippen LogP contribution in [0.4, 0.5) is 5.69 Å². The molecule has 0 amide bonds. The maximum absolute atomic E-state index is 13.0. The van der Waals surface area contributed by atoms with Gasteiger partial charge in [-0.2, -0.15) is 0 Å². The molecule has 1 N–H and O–H groups in total. The average Bonchev–Trinajstić information content (AvgIpc) is 2.57. The van der Waals surface area contributed by atoms with Gasteiger partial charge in [-0.15, -0.1) is 0 Å². The number of carbonyl (C=O) groups is 1. The van der Waals surface area contributed by atoms with Gasteiger partial charge in [-0.25, -0.2) is 8.42 Å². The van der Waals surface area contributed by atoms with Crippen LogP contribution in [0.25, 0.3) is 0 Å². The van der Waals surface area contributed by atoms with Gasteiger partial charge in [-0.3, -0.25) is 9.10 Å². The van der Waals surface area contributed by atoms with Crippen molar-refractivity contribution in [2.75, 3.05) is 25.1 Å². The fraction of sp³-hybridized carbons (Fsp3) is 0.188. The summed E-state index contributed by atoms with van der Waals surface area (Å²) in [5, 5.41) is 9.50. The summed E-state index contributed by atoms with van der Waals surface area (Å²) in [6.07, 6.45) is 0. The number of hydrogen-bond donors (Lipinski definition) is 1. The zero-order chi connectivity index (χ0) is 19.5. The van der Waals surface area contributed by atoms with Gasteiger partial charge in [-0.1, -0.05) is 23.2 Å². The Balaban J connectivity index is 2.61. The summed E-state index contributed by atoms with van der Waals surface area (Å²) >= 11 is 11.8. The topological polar surface area (TPSA) is 93.1 Å². The molecule has 7 nitrogen and oxygen atoms in total. The number of aliphatic carboxylic acids is 1. The summed E-state index contributed by atoms with van der Waals surface area (Å²) in [4.78, 5) is 11.1. The van der Waals surface area contributed by atoms with Crippen LogP contribution in [0.1, 0.15) is 0 Å². The number of benzene rings is 2. The Hall–Kier alpha value is -2.16. The van der Waals surface area contributed by atoms with Crippen LogP contribution < -0.4 is 13.8 Å². The van der Waals surface area contributed by atoms with E-state index in [0.717, 1.165) is 0 Å². The van der Waals surface area contributed by atoms with Gasteiger partial charge in [0.05, 0.1) is 24.8 Å². The van der Waals surface area contributed by atoms with E-state index >= 15 is 0 Å². The van der Waals surface area contributed by atoms with Crippen molar-refractivity contribution in [3.63, 3.8) is 0 Å². The first-order chi connectivity index (χ1) is 12.2. The third-order valence-corrected chi connectivity index (χ3v) is 5.56. The highest BCUT2D eigenvalue weighted by Crippen LogP contribution is 2.33. The van der Waals surface area contributed by atoms with Gasteiger partial charge in [0.2, 0.25) is 0 Å². The molecule has 0 atom stereocenters. The Bertz CT molecular complexity index is 912. The number of carboxylic acid groups (broad SMARTS) is 1. The Morgan fingerprint density at radius 2 is 1.62 bits per heavy atom. The van der Waals surface area contributed by atoms with Crippen molar-refractivity contribution in [2.45, 2.75) is 4.90 Å². The first kappa shape index (κ1) is 20.2. The highest BCUT2D eigenvalue weighted by atomic mass is 35.5. The summed E-state index contributed by atoms with van der Waals surface area (Å²) in [7, 11) is -1.47. The van der Waals surface area contributed by atoms with Gasteiger partial charge in [0.15, 0.2) is 11.5 Å². The van der Waals surface area contributed by atoms with E-state index < -0.39 is 22.5 Å². The number of ether oxygens (including phenoxy) is 2. The lowest BCUT2D eigenvalue weighted by Crippen LogP contribution is -2.35. The zero-order valence-corrected chi connectivity index (χ0v) is 16.1. The molecule has 0 aliphatic carbocycles. The zero-order valence-electron chi connectivity index (χ0n) is 13.8. The van der Waals surface area contributed by atoms with Gasteiger partial charge < -0.3 is 14.6 Å². The lowest BCUT2D eigenvalue weighted by molar-refractivity contribution is -0.135. The highest BCUT2D eigenvalue weighted by Gasteiger charge is 2.28. The van der Waals surface area contributed by atoms with Crippen LogP contribution in [-0.4, -0.2) is 40.3 Å². The van der Waals surface area contributed by atoms with Crippen molar-refractivity contribution in [3.8, 4) is 11.5 Å². The molecule has 26 heavy (non-hydrogen) atoms. The molecule has 2 rings (SSSR count). The summed E-state index contributed by atoms with van der Waals surface area (Å²) in [6, 6.07) is 7.99. The minimum Gasteiger partial charge on any atom is -0.493 e. The van der Waals surface area contributed by atoms with Gasteiger partial charge in [0.25, 0.3) is 10.0 Å². The smallest absolute Gasteiger partial charge is 0.324 e. The molecule has 0 radical (unpaired) electrons. The predicted octanol–water partition coefficient (Wildman–Crippen LogP) is 3.29. The van der Waals surface area contributed by atoms with Crippen molar-refractivity contribution in [1.82, 2.24) is 0 Å². The van der Waals surface area contributed by atoms with E-state index in [-0.39, 0.29) is 26.4 Å². The summed E-state index contributed by atoms with van der Waals surface area (Å²) in [5.41, 5.74) is 0.0275. The van der Waals surface area contributed by atoms with Crippen LogP contribution in [0, 0.1) is 0 Å². The fourth-order valence-electron chi connectivity index (χ4n) is 2.23. The van der Waals surface area contributed by atoms with Gasteiger partial charge in [0, 0.05) is 16.1 Å². The van der Waals surface area contributed by atoms with E-state index in [1.54, 1.807) is 0 Å². The van der Waals surface area contributed by atoms with Crippen molar-refractivity contribution >= 4 is 44.9 Å². The van der Waals surface area contributed by atoms with Gasteiger partial charge >= 0.3 is 5.97 Å². The Morgan fingerprint density at radius 1 is 1.04 bits per heavy atom. The van der Waals surface area contributed by atoms with Crippen LogP contribution in [-0.2, 0) is 14.8 Å². The second kappa shape index (κ2) is 8.03. The molecule has 2 aromatic rings. The van der Waals surface area contributed by atoms with E-state index in [0.29, 0.717) is 10.1 Å². The second-order valence-corrected chi connectivity index (χ2v) is 7.79. The number of nitrogens with zero attached hydrogens (tertiary/aromatic N) is 1. The van der Waals surface area contributed by atoms with E-state index in [2.05, 4.69) is 0 Å². The van der Waals surface area contributed by atoms with Crippen LogP contribution >= 0.6 is 23.2 Å². The molecule has 0 fully saturated rings. The molecule has 0 heterocycles. The summed E-state index contributed by atoms with van der Waals surface area (Å²) in [6.45, 7) is -0.812. The quantitative estimate of drug-likeness (QED) is 0.739. The van der Waals surface area contributed by atoms with Crippen LogP contribution in [0.5, 0.6) is 11.5 Å². The number of hydrogen-bond acceptors (Lipinski definition) is 5. The van der Waals surface area contributed by atoms with E-state index in [9.17, 15) is 13.2 Å². The third-order valence-electron chi connectivity index (χ3n) is 3.36. The number of methoxy groups -OCH3 is 2. The SMILES string of the molecule is COc1ccc(S(=O)(=O)N(CC(=O)O)c2cc(Cl)cc(Cl)c2)cc1OC. The molecule has 2 aromatic carbocycles.